The van der Waals surface area contributed by atoms with Gasteiger partial charge < -0.3 is 5.32 Å². The van der Waals surface area contributed by atoms with Crippen molar-refractivity contribution in [3.05, 3.63) is 52.3 Å². The van der Waals surface area contributed by atoms with Crippen LogP contribution >= 0.6 is 11.6 Å². The van der Waals surface area contributed by atoms with E-state index in [9.17, 15) is 0 Å². The molecule has 1 N–H and O–H groups in total. The zero-order valence-electron chi connectivity index (χ0n) is 10.2. The van der Waals surface area contributed by atoms with Gasteiger partial charge in [0.05, 0.1) is 23.0 Å². The van der Waals surface area contributed by atoms with Gasteiger partial charge in [0.15, 0.2) is 0 Å². The minimum Gasteiger partial charge on any atom is -0.308 e. The minimum absolute atomic E-state index is 0.0654. The van der Waals surface area contributed by atoms with Crippen LogP contribution in [0.15, 0.2) is 30.5 Å². The summed E-state index contributed by atoms with van der Waals surface area (Å²) in [6, 6.07) is 8.49. The normalized spacial score (nSPS) is 12.7. The molecule has 3 nitrogen and oxygen atoms in total. The first-order chi connectivity index (χ1) is 8.13. The van der Waals surface area contributed by atoms with E-state index in [0.29, 0.717) is 5.02 Å². The van der Waals surface area contributed by atoms with Crippen LogP contribution in [0.2, 0.25) is 5.02 Å². The van der Waals surface area contributed by atoms with E-state index in [-0.39, 0.29) is 6.04 Å². The van der Waals surface area contributed by atoms with Crippen molar-refractivity contribution in [1.82, 2.24) is 15.1 Å². The van der Waals surface area contributed by atoms with Crippen molar-refractivity contribution in [1.29, 1.82) is 0 Å². The molecule has 2 rings (SSSR count). The van der Waals surface area contributed by atoms with Crippen molar-refractivity contribution >= 4 is 11.6 Å². The number of aromatic nitrogens is 2. The van der Waals surface area contributed by atoms with E-state index >= 15 is 0 Å². The predicted octanol–water partition coefficient (Wildman–Crippen LogP) is 2.69. The van der Waals surface area contributed by atoms with Crippen molar-refractivity contribution in [2.75, 3.05) is 7.05 Å². The Morgan fingerprint density at radius 1 is 1.29 bits per heavy atom. The molecule has 1 unspecified atom stereocenters. The number of hydrogen-bond acceptors (Lipinski definition) is 2. The minimum atomic E-state index is 0.0654. The van der Waals surface area contributed by atoms with Crippen LogP contribution in [0.3, 0.4) is 0 Å². The standard InChI is InChI=1S/C13H16ClN3/c1-9-4-6-10(7-5-9)12(15-2)13-11(14)8-16-17(13)3/h4-8,12,15H,1-3H3. The maximum atomic E-state index is 6.18. The second-order valence-corrected chi connectivity index (χ2v) is 4.54. The van der Waals surface area contributed by atoms with Gasteiger partial charge >= 0.3 is 0 Å². The number of nitrogens with one attached hydrogen (secondary N) is 1. The smallest absolute Gasteiger partial charge is 0.0837 e. The van der Waals surface area contributed by atoms with Crippen LogP contribution in [-0.4, -0.2) is 16.8 Å². The molecule has 0 aliphatic rings. The molecule has 0 aliphatic carbocycles. The number of nitrogens with zero attached hydrogens (tertiary/aromatic N) is 2. The summed E-state index contributed by atoms with van der Waals surface area (Å²) in [7, 11) is 3.83. The van der Waals surface area contributed by atoms with Gasteiger partial charge in [-0.1, -0.05) is 41.4 Å². The van der Waals surface area contributed by atoms with Gasteiger partial charge in [-0.2, -0.15) is 5.10 Å². The van der Waals surface area contributed by atoms with E-state index < -0.39 is 0 Å². The molecular weight excluding hydrogens is 234 g/mol. The van der Waals surface area contributed by atoms with Crippen molar-refractivity contribution in [3.63, 3.8) is 0 Å². The van der Waals surface area contributed by atoms with Crippen molar-refractivity contribution in [2.45, 2.75) is 13.0 Å². The van der Waals surface area contributed by atoms with Crippen LogP contribution in [0.5, 0.6) is 0 Å². The Morgan fingerprint density at radius 3 is 2.41 bits per heavy atom. The van der Waals surface area contributed by atoms with E-state index in [1.165, 1.54) is 11.1 Å². The SMILES string of the molecule is CNC(c1ccc(C)cc1)c1c(Cl)cnn1C. The molecule has 2 aromatic rings. The summed E-state index contributed by atoms with van der Waals surface area (Å²) < 4.78 is 1.81. The van der Waals surface area contributed by atoms with E-state index in [2.05, 4.69) is 41.6 Å². The van der Waals surface area contributed by atoms with E-state index in [1.807, 2.05) is 18.8 Å². The summed E-state index contributed by atoms with van der Waals surface area (Å²) in [6.07, 6.45) is 1.68. The van der Waals surface area contributed by atoms with Gasteiger partial charge in [-0.25, -0.2) is 0 Å². The second kappa shape index (κ2) is 4.90. The quantitative estimate of drug-likeness (QED) is 0.907. The molecule has 0 bridgehead atoms. The molecular formula is C13H16ClN3. The van der Waals surface area contributed by atoms with Gasteiger partial charge in [0, 0.05) is 7.05 Å². The first-order valence-electron chi connectivity index (χ1n) is 5.54. The van der Waals surface area contributed by atoms with Crippen molar-refractivity contribution in [3.8, 4) is 0 Å². The van der Waals surface area contributed by atoms with E-state index in [1.54, 1.807) is 6.20 Å². The van der Waals surface area contributed by atoms with Crippen LogP contribution in [0.25, 0.3) is 0 Å². The van der Waals surface area contributed by atoms with Gasteiger partial charge in [-0.05, 0) is 19.5 Å². The van der Waals surface area contributed by atoms with Crippen LogP contribution in [0, 0.1) is 6.92 Å². The third kappa shape index (κ3) is 2.35. The predicted molar refractivity (Wildman–Crippen MR) is 70.3 cm³/mol. The lowest BCUT2D eigenvalue weighted by Gasteiger charge is -2.17. The highest BCUT2D eigenvalue weighted by Gasteiger charge is 2.18. The van der Waals surface area contributed by atoms with Gasteiger partial charge in [0.25, 0.3) is 0 Å². The van der Waals surface area contributed by atoms with Gasteiger partial charge in [-0.3, -0.25) is 4.68 Å². The molecule has 17 heavy (non-hydrogen) atoms. The molecule has 1 atom stereocenters. The molecule has 1 aromatic heterocycles. The maximum Gasteiger partial charge on any atom is 0.0837 e. The van der Waals surface area contributed by atoms with Gasteiger partial charge in [0.2, 0.25) is 0 Å². The Bertz CT molecular complexity index is 482. The summed E-state index contributed by atoms with van der Waals surface area (Å²) >= 11 is 6.18. The van der Waals surface area contributed by atoms with E-state index in [4.69, 9.17) is 11.6 Å². The molecule has 0 spiro atoms. The molecule has 0 amide bonds. The molecule has 0 saturated heterocycles. The molecule has 0 aliphatic heterocycles. The van der Waals surface area contributed by atoms with Crippen LogP contribution in [0.1, 0.15) is 22.9 Å². The topological polar surface area (TPSA) is 29.9 Å². The summed E-state index contributed by atoms with van der Waals surface area (Å²) in [4.78, 5) is 0. The number of benzene rings is 1. The lowest BCUT2D eigenvalue weighted by atomic mass is 10.0. The fourth-order valence-electron chi connectivity index (χ4n) is 1.97. The summed E-state index contributed by atoms with van der Waals surface area (Å²) in [5, 5.41) is 8.14. The zero-order valence-corrected chi connectivity index (χ0v) is 11.0. The summed E-state index contributed by atoms with van der Waals surface area (Å²) in [5.74, 6) is 0. The second-order valence-electron chi connectivity index (χ2n) is 4.13. The lowest BCUT2D eigenvalue weighted by Crippen LogP contribution is -2.21. The third-order valence-electron chi connectivity index (χ3n) is 2.91. The van der Waals surface area contributed by atoms with Crippen LogP contribution in [-0.2, 0) is 7.05 Å². The molecule has 1 aromatic carbocycles. The fraction of sp³-hybridized carbons (Fsp3) is 0.308. The molecule has 4 heteroatoms. The Hall–Kier alpha value is -1.32. The Labute approximate surface area is 106 Å². The molecule has 0 fully saturated rings. The lowest BCUT2D eigenvalue weighted by molar-refractivity contribution is 0.606. The monoisotopic (exact) mass is 249 g/mol. The van der Waals surface area contributed by atoms with Crippen LogP contribution in [0.4, 0.5) is 0 Å². The largest absolute Gasteiger partial charge is 0.308 e. The molecule has 1 heterocycles. The highest BCUT2D eigenvalue weighted by Crippen LogP contribution is 2.27. The van der Waals surface area contributed by atoms with Crippen LogP contribution < -0.4 is 5.32 Å². The van der Waals surface area contributed by atoms with Crippen molar-refractivity contribution < 1.29 is 0 Å². The first kappa shape index (κ1) is 12.1. The molecule has 0 saturated carbocycles. The Kier molecular flexibility index (Phi) is 3.50. The first-order valence-corrected chi connectivity index (χ1v) is 5.92. The highest BCUT2D eigenvalue weighted by molar-refractivity contribution is 6.31. The number of hydrogen-bond donors (Lipinski definition) is 1. The summed E-state index contributed by atoms with van der Waals surface area (Å²) in [6.45, 7) is 2.08. The average molecular weight is 250 g/mol. The number of aryl methyl sites for hydroxylation is 2. The molecule has 0 radical (unpaired) electrons. The molecule has 90 valence electrons. The Morgan fingerprint density at radius 2 is 1.94 bits per heavy atom. The van der Waals surface area contributed by atoms with Gasteiger partial charge in [0.1, 0.15) is 0 Å². The zero-order chi connectivity index (χ0) is 12.4. The van der Waals surface area contributed by atoms with Crippen molar-refractivity contribution in [2.24, 2.45) is 7.05 Å². The van der Waals surface area contributed by atoms with Gasteiger partial charge in [-0.15, -0.1) is 0 Å². The Balaban J connectivity index is 2.43. The highest BCUT2D eigenvalue weighted by atomic mass is 35.5. The maximum absolute atomic E-state index is 6.18. The fourth-order valence-corrected chi connectivity index (χ4v) is 2.24. The average Bonchev–Trinajstić information content (AvgIpc) is 2.64. The third-order valence-corrected chi connectivity index (χ3v) is 3.20. The van der Waals surface area contributed by atoms with E-state index in [0.717, 1.165) is 5.69 Å². The summed E-state index contributed by atoms with van der Waals surface area (Å²) in [5.41, 5.74) is 3.42. The number of halogens is 1. The number of rotatable bonds is 3.